The van der Waals surface area contributed by atoms with E-state index >= 15 is 0 Å². The first kappa shape index (κ1) is 18.2. The van der Waals surface area contributed by atoms with Crippen molar-refractivity contribution in [2.24, 2.45) is 11.8 Å². The van der Waals surface area contributed by atoms with E-state index in [1.54, 1.807) is 17.3 Å². The summed E-state index contributed by atoms with van der Waals surface area (Å²) in [6.07, 6.45) is 7.90. The third-order valence-corrected chi connectivity index (χ3v) is 5.57. The Kier molecular flexibility index (Phi) is 5.61. The molecule has 3 rings (SSSR count). The summed E-state index contributed by atoms with van der Waals surface area (Å²) in [5, 5.41) is 0.651. The van der Waals surface area contributed by atoms with E-state index in [9.17, 15) is 9.59 Å². The minimum absolute atomic E-state index is 0.0749. The van der Waals surface area contributed by atoms with Gasteiger partial charge in [0.05, 0.1) is 11.6 Å². The lowest BCUT2D eigenvalue weighted by molar-refractivity contribution is -0.133. The summed E-state index contributed by atoms with van der Waals surface area (Å²) in [5.74, 6) is 1.06. The molecule has 1 saturated heterocycles. The lowest BCUT2D eigenvalue weighted by Gasteiger charge is -2.34. The molecule has 136 valence electrons. The van der Waals surface area contributed by atoms with Gasteiger partial charge < -0.3 is 9.80 Å². The molecular weight excluding hydrogens is 336 g/mol. The van der Waals surface area contributed by atoms with Crippen LogP contribution in [0.25, 0.3) is 0 Å². The molecule has 1 saturated carbocycles. The van der Waals surface area contributed by atoms with Gasteiger partial charge in [0.2, 0.25) is 5.91 Å². The number of nitrogens with zero attached hydrogens (tertiary/aromatic N) is 4. The maximum atomic E-state index is 12.9. The molecule has 2 heterocycles. The highest BCUT2D eigenvalue weighted by Crippen LogP contribution is 2.32. The van der Waals surface area contributed by atoms with Gasteiger partial charge in [-0.1, -0.05) is 25.6 Å². The summed E-state index contributed by atoms with van der Waals surface area (Å²) in [6.45, 7) is 6.14. The molecule has 7 heteroatoms. The molecule has 1 aromatic heterocycles. The van der Waals surface area contributed by atoms with Crippen LogP contribution in [0, 0.1) is 11.8 Å². The highest BCUT2D eigenvalue weighted by atomic mass is 32.2. The van der Waals surface area contributed by atoms with E-state index in [0.717, 1.165) is 6.54 Å². The molecule has 25 heavy (non-hydrogen) atoms. The number of thioether (sulfide) groups is 1. The van der Waals surface area contributed by atoms with Crippen molar-refractivity contribution in [2.75, 3.05) is 25.9 Å². The van der Waals surface area contributed by atoms with Crippen molar-refractivity contribution in [3.05, 3.63) is 18.0 Å². The van der Waals surface area contributed by atoms with Gasteiger partial charge in [0, 0.05) is 38.4 Å². The second kappa shape index (κ2) is 7.72. The molecule has 1 aliphatic heterocycles. The zero-order valence-corrected chi connectivity index (χ0v) is 16.0. The predicted octanol–water partition coefficient (Wildman–Crippen LogP) is 2.31. The normalized spacial score (nSPS) is 21.6. The lowest BCUT2D eigenvalue weighted by atomic mass is 10.0. The summed E-state index contributed by atoms with van der Waals surface area (Å²) >= 11 is 1.45. The first-order chi connectivity index (χ1) is 12.0. The van der Waals surface area contributed by atoms with E-state index in [1.165, 1.54) is 24.6 Å². The number of carbonyl (C=O) groups is 2. The third kappa shape index (κ3) is 4.32. The van der Waals surface area contributed by atoms with Crippen LogP contribution in [0.1, 0.15) is 43.5 Å². The van der Waals surface area contributed by atoms with Crippen LogP contribution in [0.5, 0.6) is 0 Å². The highest BCUT2D eigenvalue weighted by Gasteiger charge is 2.36. The molecule has 0 bridgehead atoms. The van der Waals surface area contributed by atoms with Crippen LogP contribution in [-0.2, 0) is 4.79 Å². The highest BCUT2D eigenvalue weighted by molar-refractivity contribution is 7.98. The molecule has 6 nitrogen and oxygen atoms in total. The Bertz CT molecular complexity index is 630. The first-order valence-corrected chi connectivity index (χ1v) is 10.2. The summed E-state index contributed by atoms with van der Waals surface area (Å²) in [4.78, 5) is 37.7. The molecule has 0 N–H and O–H groups in total. The zero-order chi connectivity index (χ0) is 18.0. The van der Waals surface area contributed by atoms with E-state index in [2.05, 4.69) is 23.8 Å². The van der Waals surface area contributed by atoms with E-state index in [1.807, 2.05) is 11.2 Å². The van der Waals surface area contributed by atoms with Crippen LogP contribution in [0.3, 0.4) is 0 Å². The number of carbonyl (C=O) groups excluding carboxylic acids is 2. The Morgan fingerprint density at radius 2 is 2.00 bits per heavy atom. The minimum Gasteiger partial charge on any atom is -0.337 e. The molecule has 2 aliphatic rings. The SMILES string of the molecule is CSc1ncc(C(=O)N2CCC(=O)N(CC3CC3)[C@@H](C(C)C)C2)cn1. The number of aromatic nitrogens is 2. The third-order valence-electron chi connectivity index (χ3n) is 4.99. The topological polar surface area (TPSA) is 66.4 Å². The maximum absolute atomic E-state index is 12.9. The summed E-state index contributed by atoms with van der Waals surface area (Å²) < 4.78 is 0. The molecule has 0 unspecified atom stereocenters. The van der Waals surface area contributed by atoms with Crippen molar-refractivity contribution < 1.29 is 9.59 Å². The van der Waals surface area contributed by atoms with Gasteiger partial charge in [0.1, 0.15) is 0 Å². The first-order valence-electron chi connectivity index (χ1n) is 8.94. The number of rotatable bonds is 5. The number of hydrogen-bond donors (Lipinski definition) is 0. The fourth-order valence-electron chi connectivity index (χ4n) is 3.26. The standard InChI is InChI=1S/C18H26N4O2S/c1-12(2)15-11-21(7-6-16(23)22(15)10-13-4-5-13)17(24)14-8-19-18(25-3)20-9-14/h8-9,12-13,15H,4-7,10-11H2,1-3H3/t15-/m1/s1. The Morgan fingerprint density at radius 1 is 1.32 bits per heavy atom. The predicted molar refractivity (Wildman–Crippen MR) is 97.4 cm³/mol. The number of hydrogen-bond acceptors (Lipinski definition) is 5. The van der Waals surface area contributed by atoms with E-state index in [-0.39, 0.29) is 17.9 Å². The van der Waals surface area contributed by atoms with Crippen molar-refractivity contribution >= 4 is 23.6 Å². The largest absolute Gasteiger partial charge is 0.337 e. The lowest BCUT2D eigenvalue weighted by Crippen LogP contribution is -2.48. The van der Waals surface area contributed by atoms with Gasteiger partial charge in [-0.2, -0.15) is 0 Å². The minimum atomic E-state index is -0.0839. The fourth-order valence-corrected chi connectivity index (χ4v) is 3.58. The summed E-state index contributed by atoms with van der Waals surface area (Å²) in [7, 11) is 0. The molecule has 0 aromatic carbocycles. The monoisotopic (exact) mass is 362 g/mol. The Morgan fingerprint density at radius 3 is 2.56 bits per heavy atom. The van der Waals surface area contributed by atoms with Gasteiger partial charge in [-0.05, 0) is 30.9 Å². The van der Waals surface area contributed by atoms with Crippen LogP contribution in [0.2, 0.25) is 0 Å². The molecule has 2 fully saturated rings. The molecule has 0 spiro atoms. The van der Waals surface area contributed by atoms with Crippen LogP contribution in [0.15, 0.2) is 17.6 Å². The van der Waals surface area contributed by atoms with Gasteiger partial charge in [-0.3, -0.25) is 9.59 Å². The van der Waals surface area contributed by atoms with Gasteiger partial charge in [0.15, 0.2) is 5.16 Å². The Hall–Kier alpha value is -1.63. The smallest absolute Gasteiger partial charge is 0.257 e. The quantitative estimate of drug-likeness (QED) is 0.594. The van der Waals surface area contributed by atoms with Gasteiger partial charge in [-0.25, -0.2) is 9.97 Å². The van der Waals surface area contributed by atoms with Crippen molar-refractivity contribution in [2.45, 2.75) is 44.3 Å². The molecular formula is C18H26N4O2S. The van der Waals surface area contributed by atoms with Gasteiger partial charge in [0.25, 0.3) is 5.91 Å². The second-order valence-electron chi connectivity index (χ2n) is 7.26. The van der Waals surface area contributed by atoms with E-state index in [0.29, 0.717) is 42.1 Å². The molecule has 1 aliphatic carbocycles. The Balaban J connectivity index is 1.76. The molecule has 1 aromatic rings. The van der Waals surface area contributed by atoms with Crippen molar-refractivity contribution in [3.63, 3.8) is 0 Å². The molecule has 0 radical (unpaired) electrons. The average molecular weight is 362 g/mol. The molecule has 2 amide bonds. The van der Waals surface area contributed by atoms with E-state index in [4.69, 9.17) is 0 Å². The van der Waals surface area contributed by atoms with Gasteiger partial charge in [-0.15, -0.1) is 0 Å². The molecule has 1 atom stereocenters. The summed E-state index contributed by atoms with van der Waals surface area (Å²) in [6, 6.07) is 0.0749. The van der Waals surface area contributed by atoms with Crippen molar-refractivity contribution in [3.8, 4) is 0 Å². The fraction of sp³-hybridized carbons (Fsp3) is 0.667. The zero-order valence-electron chi connectivity index (χ0n) is 15.1. The van der Waals surface area contributed by atoms with Crippen molar-refractivity contribution in [1.29, 1.82) is 0 Å². The van der Waals surface area contributed by atoms with Gasteiger partial charge >= 0.3 is 0 Å². The van der Waals surface area contributed by atoms with E-state index < -0.39 is 0 Å². The van der Waals surface area contributed by atoms with Crippen LogP contribution in [-0.4, -0.2) is 63.5 Å². The van der Waals surface area contributed by atoms with Crippen LogP contribution >= 0.6 is 11.8 Å². The second-order valence-corrected chi connectivity index (χ2v) is 8.03. The average Bonchev–Trinajstić information content (AvgIpc) is 3.44. The Labute approximate surface area is 153 Å². The van der Waals surface area contributed by atoms with Crippen molar-refractivity contribution in [1.82, 2.24) is 19.8 Å². The van der Waals surface area contributed by atoms with Crippen LogP contribution in [0.4, 0.5) is 0 Å². The summed E-state index contributed by atoms with van der Waals surface area (Å²) in [5.41, 5.74) is 0.489. The number of amides is 2. The maximum Gasteiger partial charge on any atom is 0.257 e. The van der Waals surface area contributed by atoms with Crippen LogP contribution < -0.4 is 0 Å².